The highest BCUT2D eigenvalue weighted by Crippen LogP contribution is 2.33. The lowest BCUT2D eigenvalue weighted by Crippen LogP contribution is -1.95. The maximum absolute atomic E-state index is 13.3. The highest BCUT2D eigenvalue weighted by atomic mass is 35.5. The third-order valence-corrected chi connectivity index (χ3v) is 2.62. The van der Waals surface area contributed by atoms with Crippen LogP contribution in [-0.4, -0.2) is 28.4 Å². The van der Waals surface area contributed by atoms with Crippen molar-refractivity contribution in [2.75, 3.05) is 7.11 Å². The molecular formula is C11H8ClFN2O3. The van der Waals surface area contributed by atoms with Gasteiger partial charge in [-0.2, -0.15) is 5.10 Å². The Kier molecular flexibility index (Phi) is 3.20. The molecule has 0 radical (unpaired) electrons. The Bertz CT molecular complexity index is 612. The minimum Gasteiger partial charge on any atom is -0.496 e. The van der Waals surface area contributed by atoms with E-state index < -0.39 is 11.8 Å². The number of halogens is 2. The third kappa shape index (κ3) is 2.14. The van der Waals surface area contributed by atoms with E-state index in [1.54, 1.807) is 0 Å². The molecule has 0 spiro atoms. The largest absolute Gasteiger partial charge is 0.496 e. The van der Waals surface area contributed by atoms with Crippen LogP contribution in [0.15, 0.2) is 18.2 Å². The average molecular weight is 271 g/mol. The molecule has 0 aliphatic carbocycles. The first kappa shape index (κ1) is 12.4. The number of aromatic carboxylic acids is 1. The number of nitrogens with zero attached hydrogens (tertiary/aromatic N) is 1. The van der Waals surface area contributed by atoms with Gasteiger partial charge in [-0.3, -0.25) is 5.10 Å². The summed E-state index contributed by atoms with van der Waals surface area (Å²) < 4.78 is 18.3. The Hall–Kier alpha value is -2.08. The van der Waals surface area contributed by atoms with E-state index >= 15 is 0 Å². The number of benzene rings is 1. The SMILES string of the molecule is COc1cc(F)c(Cl)cc1-c1cc(C(=O)O)[nH]n1. The summed E-state index contributed by atoms with van der Waals surface area (Å²) in [7, 11) is 1.37. The van der Waals surface area contributed by atoms with Crippen LogP contribution in [0, 0.1) is 5.82 Å². The van der Waals surface area contributed by atoms with Crippen molar-refractivity contribution in [2.45, 2.75) is 0 Å². The molecule has 0 amide bonds. The monoisotopic (exact) mass is 270 g/mol. The molecule has 0 fully saturated rings. The molecule has 94 valence electrons. The van der Waals surface area contributed by atoms with Crippen molar-refractivity contribution in [2.24, 2.45) is 0 Å². The van der Waals surface area contributed by atoms with E-state index in [4.69, 9.17) is 21.4 Å². The van der Waals surface area contributed by atoms with Crippen LogP contribution < -0.4 is 4.74 Å². The maximum Gasteiger partial charge on any atom is 0.353 e. The smallest absolute Gasteiger partial charge is 0.353 e. The molecule has 0 unspecified atom stereocenters. The predicted molar refractivity (Wildman–Crippen MR) is 62.5 cm³/mol. The van der Waals surface area contributed by atoms with Crippen molar-refractivity contribution in [1.29, 1.82) is 0 Å². The number of hydrogen-bond acceptors (Lipinski definition) is 3. The number of carbonyl (C=O) groups is 1. The molecule has 0 saturated heterocycles. The summed E-state index contributed by atoms with van der Waals surface area (Å²) in [6, 6.07) is 3.76. The predicted octanol–water partition coefficient (Wildman–Crippen LogP) is 2.58. The fourth-order valence-electron chi connectivity index (χ4n) is 1.47. The van der Waals surface area contributed by atoms with Crippen LogP contribution in [0.4, 0.5) is 4.39 Å². The Morgan fingerprint density at radius 2 is 2.22 bits per heavy atom. The van der Waals surface area contributed by atoms with Gasteiger partial charge in [-0.1, -0.05) is 11.6 Å². The van der Waals surface area contributed by atoms with Crippen molar-refractivity contribution >= 4 is 17.6 Å². The van der Waals surface area contributed by atoms with Gasteiger partial charge in [-0.05, 0) is 12.1 Å². The van der Waals surface area contributed by atoms with E-state index in [1.807, 2.05) is 0 Å². The Balaban J connectivity index is 2.55. The van der Waals surface area contributed by atoms with Crippen LogP contribution >= 0.6 is 11.6 Å². The molecule has 0 aliphatic heterocycles. The molecule has 7 heteroatoms. The van der Waals surface area contributed by atoms with Crippen molar-refractivity contribution in [3.63, 3.8) is 0 Å². The van der Waals surface area contributed by atoms with Gasteiger partial charge >= 0.3 is 5.97 Å². The molecular weight excluding hydrogens is 263 g/mol. The van der Waals surface area contributed by atoms with E-state index in [9.17, 15) is 9.18 Å². The number of H-pyrrole nitrogens is 1. The van der Waals surface area contributed by atoms with E-state index in [-0.39, 0.29) is 16.5 Å². The van der Waals surface area contributed by atoms with Gasteiger partial charge < -0.3 is 9.84 Å². The van der Waals surface area contributed by atoms with Crippen molar-refractivity contribution in [1.82, 2.24) is 10.2 Å². The quantitative estimate of drug-likeness (QED) is 0.899. The summed E-state index contributed by atoms with van der Waals surface area (Å²) in [6.45, 7) is 0. The summed E-state index contributed by atoms with van der Waals surface area (Å²) in [5.74, 6) is -1.53. The van der Waals surface area contributed by atoms with Gasteiger partial charge in [-0.15, -0.1) is 0 Å². The van der Waals surface area contributed by atoms with Crippen LogP contribution in [0.5, 0.6) is 5.75 Å². The van der Waals surface area contributed by atoms with Gasteiger partial charge in [0, 0.05) is 11.6 Å². The fraction of sp³-hybridized carbons (Fsp3) is 0.0909. The molecule has 0 saturated carbocycles. The lowest BCUT2D eigenvalue weighted by molar-refractivity contribution is 0.0690. The minimum absolute atomic E-state index is 0.0764. The molecule has 2 aromatic rings. The highest BCUT2D eigenvalue weighted by Gasteiger charge is 2.15. The van der Waals surface area contributed by atoms with Crippen LogP contribution in [-0.2, 0) is 0 Å². The van der Waals surface area contributed by atoms with Crippen molar-refractivity contribution in [3.05, 3.63) is 34.7 Å². The second-order valence-electron chi connectivity index (χ2n) is 3.44. The average Bonchev–Trinajstić information content (AvgIpc) is 2.81. The van der Waals surface area contributed by atoms with Gasteiger partial charge in [0.25, 0.3) is 0 Å². The number of hydrogen-bond donors (Lipinski definition) is 2. The number of aromatic nitrogens is 2. The summed E-state index contributed by atoms with van der Waals surface area (Å²) in [4.78, 5) is 10.7. The number of carboxylic acid groups (broad SMARTS) is 1. The zero-order valence-electron chi connectivity index (χ0n) is 9.20. The van der Waals surface area contributed by atoms with Gasteiger partial charge in [0.05, 0.1) is 17.8 Å². The van der Waals surface area contributed by atoms with E-state index in [0.29, 0.717) is 11.3 Å². The molecule has 1 heterocycles. The molecule has 18 heavy (non-hydrogen) atoms. The number of ether oxygens (including phenoxy) is 1. The van der Waals surface area contributed by atoms with E-state index in [2.05, 4.69) is 10.2 Å². The molecule has 0 aliphatic rings. The van der Waals surface area contributed by atoms with E-state index in [1.165, 1.54) is 19.2 Å². The van der Waals surface area contributed by atoms with E-state index in [0.717, 1.165) is 6.07 Å². The molecule has 0 bridgehead atoms. The van der Waals surface area contributed by atoms with Gasteiger partial charge in [0.15, 0.2) is 0 Å². The molecule has 2 rings (SSSR count). The van der Waals surface area contributed by atoms with Gasteiger partial charge in [-0.25, -0.2) is 9.18 Å². The standard InChI is InChI=1S/C11H8ClFN2O3/c1-18-10-3-7(13)6(12)2-5(10)8-4-9(11(16)17)15-14-8/h2-4H,1H3,(H,14,15)(H,16,17). The normalized spacial score (nSPS) is 10.4. The number of carboxylic acids is 1. The second-order valence-corrected chi connectivity index (χ2v) is 3.85. The van der Waals surface area contributed by atoms with Gasteiger partial charge in [0.2, 0.25) is 0 Å². The molecule has 1 aromatic carbocycles. The molecule has 5 nitrogen and oxygen atoms in total. The Labute approximate surface area is 106 Å². The topological polar surface area (TPSA) is 75.2 Å². The number of aromatic amines is 1. The first-order valence-electron chi connectivity index (χ1n) is 4.85. The molecule has 0 atom stereocenters. The Morgan fingerprint density at radius 3 is 2.78 bits per heavy atom. The zero-order valence-corrected chi connectivity index (χ0v) is 9.95. The zero-order chi connectivity index (χ0) is 13.3. The highest BCUT2D eigenvalue weighted by molar-refractivity contribution is 6.31. The lowest BCUT2D eigenvalue weighted by Gasteiger charge is -2.07. The molecule has 1 aromatic heterocycles. The van der Waals surface area contributed by atoms with Crippen LogP contribution in [0.2, 0.25) is 5.02 Å². The fourth-order valence-corrected chi connectivity index (χ4v) is 1.63. The lowest BCUT2D eigenvalue weighted by atomic mass is 10.1. The summed E-state index contributed by atoms with van der Waals surface area (Å²) in [5.41, 5.74) is 0.645. The van der Waals surface area contributed by atoms with Crippen LogP contribution in [0.3, 0.4) is 0 Å². The van der Waals surface area contributed by atoms with Crippen LogP contribution in [0.1, 0.15) is 10.5 Å². The number of rotatable bonds is 3. The summed E-state index contributed by atoms with van der Waals surface area (Å²) >= 11 is 5.68. The third-order valence-electron chi connectivity index (χ3n) is 2.33. The van der Waals surface area contributed by atoms with Gasteiger partial charge in [0.1, 0.15) is 17.3 Å². The summed E-state index contributed by atoms with van der Waals surface area (Å²) in [6.07, 6.45) is 0. The Morgan fingerprint density at radius 1 is 1.50 bits per heavy atom. The maximum atomic E-state index is 13.3. The van der Waals surface area contributed by atoms with Crippen molar-refractivity contribution in [3.8, 4) is 17.0 Å². The first-order valence-corrected chi connectivity index (χ1v) is 5.23. The number of nitrogens with one attached hydrogen (secondary N) is 1. The summed E-state index contributed by atoms with van der Waals surface area (Å²) in [5, 5.41) is 14.9. The second kappa shape index (κ2) is 4.66. The first-order chi connectivity index (χ1) is 8.52. The number of methoxy groups -OCH3 is 1. The van der Waals surface area contributed by atoms with Crippen molar-refractivity contribution < 1.29 is 19.0 Å². The van der Waals surface area contributed by atoms with Crippen LogP contribution in [0.25, 0.3) is 11.3 Å². The minimum atomic E-state index is -1.14. The molecule has 2 N–H and O–H groups in total.